The van der Waals surface area contributed by atoms with Crippen LogP contribution in [0, 0.1) is 0 Å². The first kappa shape index (κ1) is 18.4. The molecular weight excluding hydrogens is 292 g/mol. The molecule has 0 spiro atoms. The van der Waals surface area contributed by atoms with E-state index in [4.69, 9.17) is 5.73 Å². The Bertz CT molecular complexity index is 704. The highest BCUT2D eigenvalue weighted by atomic mass is 15.0. The second-order valence-corrected chi connectivity index (χ2v) is 6.22. The van der Waals surface area contributed by atoms with Crippen LogP contribution in [-0.2, 0) is 31.3 Å². The number of hydrogen-bond acceptors (Lipinski definition) is 2. The van der Waals surface area contributed by atoms with Gasteiger partial charge in [0.1, 0.15) is 0 Å². The molecule has 1 unspecified atom stereocenters. The fraction of sp³-hybridized carbons (Fsp3) is 0.409. The van der Waals surface area contributed by atoms with Gasteiger partial charge in [0, 0.05) is 5.56 Å². The van der Waals surface area contributed by atoms with Crippen LogP contribution >= 0.6 is 0 Å². The minimum Gasteiger partial charge on any atom is -0.300 e. The van der Waals surface area contributed by atoms with Crippen molar-refractivity contribution in [2.75, 3.05) is 0 Å². The highest BCUT2D eigenvalue weighted by Gasteiger charge is 2.32. The molecule has 0 amide bonds. The van der Waals surface area contributed by atoms with Crippen molar-refractivity contribution in [2.24, 2.45) is 10.7 Å². The largest absolute Gasteiger partial charge is 0.300 e. The zero-order chi connectivity index (χ0) is 17.7. The molecule has 0 aromatic heterocycles. The summed E-state index contributed by atoms with van der Waals surface area (Å²) in [6, 6.07) is 12.4. The Morgan fingerprint density at radius 2 is 1.46 bits per heavy atom. The van der Waals surface area contributed by atoms with Gasteiger partial charge in [-0.05, 0) is 60.2 Å². The Balaban J connectivity index is 2.83. The van der Waals surface area contributed by atoms with Crippen LogP contribution in [0.3, 0.4) is 0 Å². The molecular formula is C22H30N2. The van der Waals surface area contributed by atoms with E-state index in [9.17, 15) is 0 Å². The van der Waals surface area contributed by atoms with Gasteiger partial charge in [-0.25, -0.2) is 0 Å². The van der Waals surface area contributed by atoms with E-state index in [1.807, 2.05) is 30.3 Å². The molecule has 0 saturated carbocycles. The molecule has 0 fully saturated rings. The predicted molar refractivity (Wildman–Crippen MR) is 105 cm³/mol. The first-order chi connectivity index (χ1) is 11.6. The summed E-state index contributed by atoms with van der Waals surface area (Å²) in [6.45, 7) is 12.7. The summed E-state index contributed by atoms with van der Waals surface area (Å²) < 4.78 is 0. The standard InChI is InChI=1S/C22H30N2/c1-6-16-15-21(20(9-4)19(8-3)18(16)7-2)22(23,24-5)17-13-11-10-12-14-17/h10-15H,5-9,23H2,1-4H3. The van der Waals surface area contributed by atoms with Crippen LogP contribution in [0.5, 0.6) is 0 Å². The summed E-state index contributed by atoms with van der Waals surface area (Å²) in [5, 5.41) is 0. The maximum Gasteiger partial charge on any atom is 0.159 e. The van der Waals surface area contributed by atoms with Gasteiger partial charge < -0.3 is 0 Å². The molecule has 2 rings (SSSR count). The van der Waals surface area contributed by atoms with Gasteiger partial charge in [0.15, 0.2) is 5.66 Å². The predicted octanol–water partition coefficient (Wildman–Crippen LogP) is 4.80. The third-order valence-electron chi connectivity index (χ3n) is 5.08. The summed E-state index contributed by atoms with van der Waals surface area (Å²) >= 11 is 0. The van der Waals surface area contributed by atoms with Crippen LogP contribution in [0.4, 0.5) is 0 Å². The van der Waals surface area contributed by atoms with E-state index in [-0.39, 0.29) is 0 Å². The topological polar surface area (TPSA) is 38.4 Å². The molecule has 128 valence electrons. The molecule has 1 atom stereocenters. The van der Waals surface area contributed by atoms with Crippen LogP contribution in [0.15, 0.2) is 41.4 Å². The lowest BCUT2D eigenvalue weighted by atomic mass is 9.80. The second-order valence-electron chi connectivity index (χ2n) is 6.22. The normalized spacial score (nSPS) is 13.5. The van der Waals surface area contributed by atoms with Crippen molar-refractivity contribution in [3.63, 3.8) is 0 Å². The summed E-state index contributed by atoms with van der Waals surface area (Å²) in [7, 11) is 0. The van der Waals surface area contributed by atoms with Gasteiger partial charge in [0.2, 0.25) is 0 Å². The van der Waals surface area contributed by atoms with Crippen molar-refractivity contribution < 1.29 is 0 Å². The van der Waals surface area contributed by atoms with Gasteiger partial charge in [0.25, 0.3) is 0 Å². The molecule has 0 aliphatic heterocycles. The Labute approximate surface area is 146 Å². The summed E-state index contributed by atoms with van der Waals surface area (Å²) in [4.78, 5) is 4.40. The van der Waals surface area contributed by atoms with Crippen LogP contribution in [0.2, 0.25) is 0 Å². The Morgan fingerprint density at radius 3 is 1.92 bits per heavy atom. The molecule has 2 aromatic rings. The lowest BCUT2D eigenvalue weighted by molar-refractivity contribution is 0.567. The molecule has 2 nitrogen and oxygen atoms in total. The van der Waals surface area contributed by atoms with E-state index in [1.54, 1.807) is 0 Å². The minimum absolute atomic E-state index is 0.896. The van der Waals surface area contributed by atoms with Gasteiger partial charge in [-0.15, -0.1) is 0 Å². The molecule has 0 saturated heterocycles. The summed E-state index contributed by atoms with van der Waals surface area (Å²) in [5.41, 5.74) is 13.7. The highest BCUT2D eigenvalue weighted by molar-refractivity contribution is 5.53. The summed E-state index contributed by atoms with van der Waals surface area (Å²) in [5.74, 6) is 0. The number of benzene rings is 2. The van der Waals surface area contributed by atoms with E-state index in [2.05, 4.69) is 45.5 Å². The van der Waals surface area contributed by atoms with Gasteiger partial charge in [-0.1, -0.05) is 64.1 Å². The molecule has 2 N–H and O–H groups in total. The Morgan fingerprint density at radius 1 is 0.875 bits per heavy atom. The number of aryl methyl sites for hydroxylation is 1. The van der Waals surface area contributed by atoms with Crippen LogP contribution < -0.4 is 5.73 Å². The molecule has 0 heterocycles. The molecule has 0 bridgehead atoms. The van der Waals surface area contributed by atoms with E-state index in [1.165, 1.54) is 22.3 Å². The molecule has 0 radical (unpaired) electrons. The first-order valence-electron chi connectivity index (χ1n) is 9.06. The maximum atomic E-state index is 6.83. The maximum absolute atomic E-state index is 6.83. The van der Waals surface area contributed by atoms with Gasteiger partial charge in [0.05, 0.1) is 0 Å². The van der Waals surface area contributed by atoms with Crippen molar-refractivity contribution in [2.45, 2.75) is 59.0 Å². The second kappa shape index (κ2) is 7.76. The highest BCUT2D eigenvalue weighted by Crippen LogP contribution is 2.36. The number of rotatable bonds is 7. The first-order valence-corrected chi connectivity index (χ1v) is 9.06. The van der Waals surface area contributed by atoms with E-state index in [0.717, 1.165) is 36.8 Å². The lowest BCUT2D eigenvalue weighted by Gasteiger charge is -2.31. The molecule has 0 aliphatic rings. The van der Waals surface area contributed by atoms with Crippen molar-refractivity contribution in [3.05, 3.63) is 69.8 Å². The van der Waals surface area contributed by atoms with Gasteiger partial charge >= 0.3 is 0 Å². The van der Waals surface area contributed by atoms with Crippen molar-refractivity contribution >= 4 is 6.72 Å². The quantitative estimate of drug-likeness (QED) is 0.731. The van der Waals surface area contributed by atoms with E-state index < -0.39 is 5.66 Å². The zero-order valence-electron chi connectivity index (χ0n) is 15.5. The third kappa shape index (κ3) is 3.03. The molecule has 24 heavy (non-hydrogen) atoms. The average molecular weight is 322 g/mol. The van der Waals surface area contributed by atoms with Crippen LogP contribution in [0.1, 0.15) is 61.1 Å². The smallest absolute Gasteiger partial charge is 0.159 e. The minimum atomic E-state index is -0.896. The third-order valence-corrected chi connectivity index (χ3v) is 5.08. The van der Waals surface area contributed by atoms with Crippen LogP contribution in [-0.4, -0.2) is 6.72 Å². The van der Waals surface area contributed by atoms with Crippen molar-refractivity contribution in [1.29, 1.82) is 0 Å². The Hall–Kier alpha value is -1.93. The average Bonchev–Trinajstić information content (AvgIpc) is 2.65. The zero-order valence-corrected chi connectivity index (χ0v) is 15.5. The van der Waals surface area contributed by atoms with Crippen LogP contribution in [0.25, 0.3) is 0 Å². The van der Waals surface area contributed by atoms with Crippen molar-refractivity contribution in [3.8, 4) is 0 Å². The lowest BCUT2D eigenvalue weighted by Crippen LogP contribution is -2.37. The summed E-state index contributed by atoms with van der Waals surface area (Å²) in [6.07, 6.45) is 4.05. The van der Waals surface area contributed by atoms with E-state index in [0.29, 0.717) is 0 Å². The van der Waals surface area contributed by atoms with E-state index >= 15 is 0 Å². The number of aliphatic imine (C=N–C) groups is 1. The van der Waals surface area contributed by atoms with Gasteiger partial charge in [-0.3, -0.25) is 10.7 Å². The Kier molecular flexibility index (Phi) is 5.95. The monoisotopic (exact) mass is 322 g/mol. The number of hydrogen-bond donors (Lipinski definition) is 1. The SMILES string of the molecule is C=NC(N)(c1ccccc1)c1cc(CC)c(CC)c(CC)c1CC. The van der Waals surface area contributed by atoms with Gasteiger partial charge in [-0.2, -0.15) is 0 Å². The number of nitrogens with two attached hydrogens (primary N) is 1. The van der Waals surface area contributed by atoms with Crippen molar-refractivity contribution in [1.82, 2.24) is 0 Å². The number of nitrogens with zero attached hydrogens (tertiary/aromatic N) is 1. The fourth-order valence-corrected chi connectivity index (χ4v) is 3.84. The molecule has 2 heteroatoms. The molecule has 2 aromatic carbocycles. The fourth-order valence-electron chi connectivity index (χ4n) is 3.84. The molecule has 0 aliphatic carbocycles.